The van der Waals surface area contributed by atoms with E-state index in [0.29, 0.717) is 18.6 Å². The van der Waals surface area contributed by atoms with Gasteiger partial charge >= 0.3 is 11.9 Å². The highest BCUT2D eigenvalue weighted by molar-refractivity contribution is 5.81. The Labute approximate surface area is 147 Å². The average molecular weight is 336 g/mol. The molecule has 0 aromatic heterocycles. The Kier molecular flexibility index (Phi) is 6.79. The fraction of sp³-hybridized carbons (Fsp3) is 0.238. The highest BCUT2D eigenvalue weighted by atomic mass is 16.5. The van der Waals surface area contributed by atoms with Crippen molar-refractivity contribution in [2.75, 3.05) is 6.61 Å². The highest BCUT2D eigenvalue weighted by Crippen LogP contribution is 2.19. The van der Waals surface area contributed by atoms with Crippen LogP contribution in [0.15, 0.2) is 54.6 Å². The van der Waals surface area contributed by atoms with E-state index < -0.39 is 17.9 Å². The first-order valence-corrected chi connectivity index (χ1v) is 8.15. The smallest absolute Gasteiger partial charge is 0.319 e. The predicted molar refractivity (Wildman–Crippen MR) is 95.7 cm³/mol. The van der Waals surface area contributed by atoms with Crippen molar-refractivity contribution in [3.05, 3.63) is 60.2 Å². The molecule has 0 heterocycles. The highest BCUT2D eigenvalue weighted by Gasteiger charge is 2.19. The molecule has 0 aliphatic carbocycles. The third-order valence-corrected chi connectivity index (χ3v) is 3.52. The number of hydrogen-bond donors (Lipinski definition) is 1. The molecule has 0 fully saturated rings. The molecule has 25 heavy (non-hydrogen) atoms. The molecule has 2 aromatic carbocycles. The maximum absolute atomic E-state index is 11.6. The maximum Gasteiger partial charge on any atom is 0.319 e. The van der Waals surface area contributed by atoms with E-state index in [2.05, 4.69) is 11.8 Å². The Bertz CT molecular complexity index is 767. The van der Waals surface area contributed by atoms with E-state index in [9.17, 15) is 14.7 Å². The Morgan fingerprint density at radius 1 is 1.04 bits per heavy atom. The molecule has 2 aromatic rings. The van der Waals surface area contributed by atoms with Gasteiger partial charge in [0.1, 0.15) is 5.92 Å². The lowest BCUT2D eigenvalue weighted by Crippen LogP contribution is -2.18. The van der Waals surface area contributed by atoms with Gasteiger partial charge in [0.25, 0.3) is 0 Å². The third kappa shape index (κ3) is 5.82. The van der Waals surface area contributed by atoms with Crippen LogP contribution in [0.2, 0.25) is 0 Å². The number of hydrogen-bond acceptors (Lipinski definition) is 3. The number of rotatable bonds is 6. The summed E-state index contributed by atoms with van der Waals surface area (Å²) in [5, 5.41) is 9.21. The van der Waals surface area contributed by atoms with E-state index in [1.165, 1.54) is 0 Å². The molecule has 0 radical (unpaired) electrons. The minimum atomic E-state index is -1.12. The fourth-order valence-electron chi connectivity index (χ4n) is 2.19. The number of benzene rings is 2. The Hall–Kier alpha value is -3.06. The second kappa shape index (κ2) is 9.29. The fourth-order valence-corrected chi connectivity index (χ4v) is 2.19. The van der Waals surface area contributed by atoms with Crippen LogP contribution in [-0.2, 0) is 14.3 Å². The molecule has 0 saturated carbocycles. The van der Waals surface area contributed by atoms with Gasteiger partial charge in [0.2, 0.25) is 0 Å². The Balaban J connectivity index is 2.07. The van der Waals surface area contributed by atoms with Crippen LogP contribution >= 0.6 is 0 Å². The van der Waals surface area contributed by atoms with Crippen molar-refractivity contribution < 1.29 is 19.4 Å². The van der Waals surface area contributed by atoms with Gasteiger partial charge in [0.05, 0.1) is 13.0 Å². The van der Waals surface area contributed by atoms with Crippen LogP contribution in [0.4, 0.5) is 0 Å². The molecule has 0 amide bonds. The summed E-state index contributed by atoms with van der Waals surface area (Å²) in [6, 6.07) is 17.5. The molecule has 1 N–H and O–H groups in total. The van der Waals surface area contributed by atoms with Crippen molar-refractivity contribution in [3.63, 3.8) is 0 Å². The number of carbonyl (C=O) groups is 2. The Morgan fingerprint density at radius 2 is 1.68 bits per heavy atom. The molecule has 0 aliphatic heterocycles. The summed E-state index contributed by atoms with van der Waals surface area (Å²) >= 11 is 0. The first kappa shape index (κ1) is 18.3. The predicted octanol–water partition coefficient (Wildman–Crippen LogP) is 3.75. The summed E-state index contributed by atoms with van der Waals surface area (Å²) in [5.74, 6) is 2.75. The maximum atomic E-state index is 11.6. The zero-order valence-electron chi connectivity index (χ0n) is 14.1. The lowest BCUT2D eigenvalue weighted by Gasteiger charge is -2.05. The molecular formula is C21H20O4. The summed E-state index contributed by atoms with van der Waals surface area (Å²) in [6.07, 6.45) is 0.452. The average Bonchev–Trinajstić information content (AvgIpc) is 2.64. The summed E-state index contributed by atoms with van der Waals surface area (Å²) in [6.45, 7) is 2.17. The molecule has 0 saturated heterocycles. The lowest BCUT2D eigenvalue weighted by molar-refractivity contribution is -0.149. The van der Waals surface area contributed by atoms with Crippen molar-refractivity contribution in [2.45, 2.75) is 19.8 Å². The second-order valence-electron chi connectivity index (χ2n) is 5.53. The third-order valence-electron chi connectivity index (χ3n) is 3.52. The number of carboxylic acids is 1. The summed E-state index contributed by atoms with van der Waals surface area (Å²) in [5.41, 5.74) is 2.86. The van der Waals surface area contributed by atoms with E-state index in [-0.39, 0.29) is 6.42 Å². The molecule has 4 heteroatoms. The molecule has 2 rings (SSSR count). The topological polar surface area (TPSA) is 63.6 Å². The Morgan fingerprint density at radius 3 is 2.28 bits per heavy atom. The molecule has 1 unspecified atom stereocenters. The first-order chi connectivity index (χ1) is 12.1. The standard InChI is InChI=1S/C21H20O4/c1-2-14-25-20(22)15-19(21(23)24)13-10-16-8-11-18(12-9-16)17-6-4-3-5-7-17/h3-9,11-12,19H,2,14-15H2,1H3,(H,23,24). The van der Waals surface area contributed by atoms with Gasteiger partial charge in [0, 0.05) is 5.56 Å². The summed E-state index contributed by atoms with van der Waals surface area (Å²) in [4.78, 5) is 22.8. The molecule has 4 nitrogen and oxygen atoms in total. The van der Waals surface area contributed by atoms with Gasteiger partial charge in [-0.2, -0.15) is 0 Å². The van der Waals surface area contributed by atoms with Gasteiger partial charge in [0.15, 0.2) is 0 Å². The summed E-state index contributed by atoms with van der Waals surface area (Å²) in [7, 11) is 0. The molecule has 1 atom stereocenters. The van der Waals surface area contributed by atoms with Crippen LogP contribution in [0.3, 0.4) is 0 Å². The van der Waals surface area contributed by atoms with Crippen molar-refractivity contribution in [2.24, 2.45) is 5.92 Å². The van der Waals surface area contributed by atoms with E-state index in [1.807, 2.05) is 61.5 Å². The van der Waals surface area contributed by atoms with Gasteiger partial charge < -0.3 is 9.84 Å². The monoisotopic (exact) mass is 336 g/mol. The van der Waals surface area contributed by atoms with Gasteiger partial charge in [-0.1, -0.05) is 61.2 Å². The van der Waals surface area contributed by atoms with Gasteiger partial charge in [-0.25, -0.2) is 0 Å². The van der Waals surface area contributed by atoms with Crippen molar-refractivity contribution in [1.29, 1.82) is 0 Å². The molecule has 0 aliphatic rings. The van der Waals surface area contributed by atoms with Crippen LogP contribution < -0.4 is 0 Å². The number of carbonyl (C=O) groups excluding carboxylic acids is 1. The van der Waals surface area contributed by atoms with E-state index in [4.69, 9.17) is 4.74 Å². The van der Waals surface area contributed by atoms with Crippen molar-refractivity contribution >= 4 is 11.9 Å². The summed E-state index contributed by atoms with van der Waals surface area (Å²) < 4.78 is 4.92. The second-order valence-corrected chi connectivity index (χ2v) is 5.53. The minimum absolute atomic E-state index is 0.246. The zero-order valence-corrected chi connectivity index (χ0v) is 14.1. The quantitative estimate of drug-likeness (QED) is 0.644. The van der Waals surface area contributed by atoms with E-state index in [0.717, 1.165) is 11.1 Å². The van der Waals surface area contributed by atoms with Crippen molar-refractivity contribution in [1.82, 2.24) is 0 Å². The van der Waals surface area contributed by atoms with Gasteiger partial charge in [-0.3, -0.25) is 9.59 Å². The van der Waals surface area contributed by atoms with Crippen molar-refractivity contribution in [3.8, 4) is 23.0 Å². The van der Waals surface area contributed by atoms with Crippen LogP contribution in [-0.4, -0.2) is 23.7 Å². The first-order valence-electron chi connectivity index (χ1n) is 8.15. The van der Waals surface area contributed by atoms with Crippen LogP contribution in [0.25, 0.3) is 11.1 Å². The van der Waals surface area contributed by atoms with E-state index in [1.54, 1.807) is 0 Å². The largest absolute Gasteiger partial charge is 0.480 e. The van der Waals surface area contributed by atoms with E-state index >= 15 is 0 Å². The SMILES string of the molecule is CCCOC(=O)CC(C#Cc1ccc(-c2ccccc2)cc1)C(=O)O. The lowest BCUT2D eigenvalue weighted by atomic mass is 10.0. The van der Waals surface area contributed by atoms with Crippen LogP contribution in [0.1, 0.15) is 25.3 Å². The number of carboxylic acid groups (broad SMARTS) is 1. The molecular weight excluding hydrogens is 316 g/mol. The number of aliphatic carboxylic acids is 1. The van der Waals surface area contributed by atoms with Crippen LogP contribution in [0.5, 0.6) is 0 Å². The number of esters is 1. The van der Waals surface area contributed by atoms with Gasteiger partial charge in [-0.05, 0) is 29.7 Å². The zero-order chi connectivity index (χ0) is 18.1. The van der Waals surface area contributed by atoms with Gasteiger partial charge in [-0.15, -0.1) is 0 Å². The molecule has 0 spiro atoms. The normalized spacial score (nSPS) is 11.1. The molecule has 128 valence electrons. The van der Waals surface area contributed by atoms with Crippen LogP contribution in [0, 0.1) is 17.8 Å². The molecule has 0 bridgehead atoms. The minimum Gasteiger partial charge on any atom is -0.480 e. The number of ether oxygens (including phenoxy) is 1.